The molecule has 2 aromatic carbocycles. The Morgan fingerprint density at radius 3 is 2.63 bits per heavy atom. The summed E-state index contributed by atoms with van der Waals surface area (Å²) < 4.78 is 5.00. The minimum atomic E-state index is -0.135. The van der Waals surface area contributed by atoms with Crippen LogP contribution >= 0.6 is 0 Å². The molecular weight excluding hydrogens is 292 g/mol. The fourth-order valence-corrected chi connectivity index (χ4v) is 1.84. The number of ether oxygens (including phenoxy) is 1. The van der Waals surface area contributed by atoms with Crippen LogP contribution < -0.4 is 14.8 Å². The monoisotopic (exact) mass is 301 g/mol. The minimum absolute atomic E-state index is 0. The second-order valence-corrected chi connectivity index (χ2v) is 3.90. The van der Waals surface area contributed by atoms with Crippen molar-refractivity contribution < 1.29 is 26.9 Å². The quantitative estimate of drug-likeness (QED) is 0.679. The number of hydrogen-bond acceptors (Lipinski definition) is 3. The summed E-state index contributed by atoms with van der Waals surface area (Å²) in [7, 11) is 1.53. The van der Waals surface area contributed by atoms with Crippen LogP contribution in [0.1, 0.15) is 0 Å². The van der Waals surface area contributed by atoms with Crippen molar-refractivity contribution in [2.75, 3.05) is 7.11 Å². The Balaban J connectivity index is 0.00000133. The van der Waals surface area contributed by atoms with Crippen LogP contribution in [0.3, 0.4) is 0 Å². The van der Waals surface area contributed by atoms with Gasteiger partial charge in [-0.05, 0) is 28.7 Å². The molecular formula is C14H10CuN2O2. The molecule has 3 aromatic rings. The second-order valence-electron chi connectivity index (χ2n) is 3.90. The molecule has 99 valence electrons. The van der Waals surface area contributed by atoms with Gasteiger partial charge in [-0.25, -0.2) is 0 Å². The second kappa shape index (κ2) is 5.34. The van der Waals surface area contributed by atoms with Gasteiger partial charge in [-0.1, -0.05) is 41.9 Å². The largest absolute Gasteiger partial charge is 2.00 e. The summed E-state index contributed by atoms with van der Waals surface area (Å²) in [6, 6.07) is 12.4. The maximum absolute atomic E-state index is 11.9. The molecule has 0 atom stereocenters. The molecule has 0 N–H and O–H groups in total. The third-order valence-corrected chi connectivity index (χ3v) is 2.76. The Morgan fingerprint density at radius 1 is 1.16 bits per heavy atom. The van der Waals surface area contributed by atoms with Crippen molar-refractivity contribution in [1.82, 2.24) is 9.97 Å². The van der Waals surface area contributed by atoms with E-state index in [1.165, 1.54) is 13.2 Å². The number of para-hydroxylation sites is 2. The average molecular weight is 302 g/mol. The first-order valence-electron chi connectivity index (χ1n) is 5.53. The van der Waals surface area contributed by atoms with Crippen molar-refractivity contribution in [2.24, 2.45) is 0 Å². The van der Waals surface area contributed by atoms with Crippen molar-refractivity contribution in [3.8, 4) is 22.9 Å². The van der Waals surface area contributed by atoms with Crippen LogP contribution in [0.2, 0.25) is 0 Å². The number of imidazole rings is 1. The van der Waals surface area contributed by atoms with Gasteiger partial charge in [0.05, 0.1) is 7.11 Å². The van der Waals surface area contributed by atoms with Gasteiger partial charge in [0.2, 0.25) is 0 Å². The van der Waals surface area contributed by atoms with Crippen LogP contribution in [-0.4, -0.2) is 12.1 Å². The molecule has 5 heteroatoms. The summed E-state index contributed by atoms with van der Waals surface area (Å²) in [5.74, 6) is 0.869. The van der Waals surface area contributed by atoms with Gasteiger partial charge in [0, 0.05) is 0 Å². The summed E-state index contributed by atoms with van der Waals surface area (Å²) in [4.78, 5) is 8.69. The maximum atomic E-state index is 11.9. The smallest absolute Gasteiger partial charge is 0.872 e. The SMILES string of the molecule is COc1ccc(-c2nc3ccccc3[n-]2)c([O-])c1.[Cu+2]. The van der Waals surface area contributed by atoms with Crippen LogP contribution in [0.5, 0.6) is 11.5 Å². The molecule has 1 heterocycles. The summed E-state index contributed by atoms with van der Waals surface area (Å²) in [6.45, 7) is 0. The zero-order valence-electron chi connectivity index (χ0n) is 10.1. The standard InChI is InChI=1S/C14H11N2O2.Cu/c1-18-9-6-7-10(13(17)8-9)14-15-11-4-2-3-5-12(11)16-14;/h2-8H,1H3,(H-,15,16,17);/q-1;+2/p-1. The number of methoxy groups -OCH3 is 1. The molecule has 0 fully saturated rings. The normalized spacial score (nSPS) is 10.2. The Labute approximate surface area is 120 Å². The van der Waals surface area contributed by atoms with Gasteiger partial charge in [-0.15, -0.1) is 0 Å². The number of fused-ring (bicyclic) bond motifs is 1. The van der Waals surface area contributed by atoms with E-state index >= 15 is 0 Å². The van der Waals surface area contributed by atoms with E-state index in [0.29, 0.717) is 17.1 Å². The Hall–Kier alpha value is -1.97. The Kier molecular flexibility index (Phi) is 3.79. The number of hydrogen-bond donors (Lipinski definition) is 0. The third kappa shape index (κ3) is 2.43. The maximum Gasteiger partial charge on any atom is 2.00 e. The van der Waals surface area contributed by atoms with Crippen molar-refractivity contribution in [3.63, 3.8) is 0 Å². The molecule has 0 saturated heterocycles. The number of nitrogens with zero attached hydrogens (tertiary/aromatic N) is 2. The van der Waals surface area contributed by atoms with E-state index < -0.39 is 0 Å². The summed E-state index contributed by atoms with van der Waals surface area (Å²) in [5, 5.41) is 11.9. The first-order chi connectivity index (χ1) is 8.78. The van der Waals surface area contributed by atoms with Crippen LogP contribution in [0.25, 0.3) is 22.4 Å². The van der Waals surface area contributed by atoms with Crippen molar-refractivity contribution in [2.45, 2.75) is 0 Å². The zero-order valence-corrected chi connectivity index (χ0v) is 11.0. The van der Waals surface area contributed by atoms with E-state index in [4.69, 9.17) is 4.74 Å². The van der Waals surface area contributed by atoms with Crippen LogP contribution in [0.15, 0.2) is 42.5 Å². The molecule has 0 aliphatic carbocycles. The van der Waals surface area contributed by atoms with Crippen LogP contribution in [-0.2, 0) is 17.1 Å². The number of benzene rings is 2. The fraction of sp³-hybridized carbons (Fsp3) is 0.0714. The van der Waals surface area contributed by atoms with Gasteiger partial charge >= 0.3 is 17.1 Å². The van der Waals surface area contributed by atoms with Gasteiger partial charge in [-0.2, -0.15) is 0 Å². The first-order valence-corrected chi connectivity index (χ1v) is 5.53. The molecule has 0 amide bonds. The molecule has 0 spiro atoms. The van der Waals surface area contributed by atoms with Gasteiger partial charge in [0.1, 0.15) is 5.75 Å². The molecule has 0 bridgehead atoms. The van der Waals surface area contributed by atoms with E-state index in [1.54, 1.807) is 12.1 Å². The molecule has 3 rings (SSSR count). The fourth-order valence-electron chi connectivity index (χ4n) is 1.84. The predicted octanol–water partition coefficient (Wildman–Crippen LogP) is 1.94. The summed E-state index contributed by atoms with van der Waals surface area (Å²) in [6.07, 6.45) is 0. The van der Waals surface area contributed by atoms with E-state index in [-0.39, 0.29) is 22.8 Å². The number of rotatable bonds is 2. The van der Waals surface area contributed by atoms with Crippen molar-refractivity contribution in [1.29, 1.82) is 0 Å². The molecule has 4 nitrogen and oxygen atoms in total. The zero-order chi connectivity index (χ0) is 12.5. The average Bonchev–Trinajstić information content (AvgIpc) is 2.81. The van der Waals surface area contributed by atoms with E-state index in [9.17, 15) is 5.11 Å². The molecule has 1 aromatic heterocycles. The molecule has 0 aliphatic rings. The molecule has 0 aliphatic heterocycles. The summed E-state index contributed by atoms with van der Waals surface area (Å²) in [5.41, 5.74) is 2.08. The van der Waals surface area contributed by atoms with Crippen LogP contribution in [0.4, 0.5) is 0 Å². The van der Waals surface area contributed by atoms with Gasteiger partial charge < -0.3 is 19.8 Å². The topological polar surface area (TPSA) is 59.3 Å². The third-order valence-electron chi connectivity index (χ3n) is 2.76. The van der Waals surface area contributed by atoms with Crippen LogP contribution in [0, 0.1) is 0 Å². The Morgan fingerprint density at radius 2 is 1.95 bits per heavy atom. The molecule has 0 saturated carbocycles. The molecule has 1 radical (unpaired) electrons. The molecule has 0 unspecified atom stereocenters. The van der Waals surface area contributed by atoms with Gasteiger partial charge in [0.25, 0.3) is 0 Å². The van der Waals surface area contributed by atoms with Crippen molar-refractivity contribution >= 4 is 11.0 Å². The van der Waals surface area contributed by atoms with Gasteiger partial charge in [-0.3, -0.25) is 0 Å². The number of aromatic nitrogens is 2. The predicted molar refractivity (Wildman–Crippen MR) is 66.5 cm³/mol. The Bertz CT molecular complexity index is 676. The van der Waals surface area contributed by atoms with E-state index in [2.05, 4.69) is 9.97 Å². The van der Waals surface area contributed by atoms with E-state index in [0.717, 1.165) is 11.0 Å². The summed E-state index contributed by atoms with van der Waals surface area (Å²) >= 11 is 0. The molecule has 19 heavy (non-hydrogen) atoms. The van der Waals surface area contributed by atoms with Gasteiger partial charge in [0.15, 0.2) is 0 Å². The minimum Gasteiger partial charge on any atom is -0.872 e. The first kappa shape index (κ1) is 13.5. The van der Waals surface area contributed by atoms with Crippen molar-refractivity contribution in [3.05, 3.63) is 42.5 Å². The van der Waals surface area contributed by atoms with E-state index in [1.807, 2.05) is 24.3 Å².